The van der Waals surface area contributed by atoms with E-state index in [1.54, 1.807) is 6.33 Å². The number of ether oxygens (including phenoxy) is 1. The molecule has 2 unspecified atom stereocenters. The normalized spacial score (nSPS) is 28.2. The molecule has 0 saturated carbocycles. The Morgan fingerprint density at radius 3 is 3.06 bits per heavy atom. The van der Waals surface area contributed by atoms with Crippen molar-refractivity contribution in [3.63, 3.8) is 0 Å². The van der Waals surface area contributed by atoms with Crippen LogP contribution < -0.4 is 0 Å². The average Bonchev–Trinajstić information content (AvgIpc) is 2.83. The SMILES string of the molecule is CC1(C)OC(C(=O)CO)CC1c1c[nH]cn1. The van der Waals surface area contributed by atoms with Crippen molar-refractivity contribution in [2.45, 2.75) is 37.9 Å². The molecule has 0 spiro atoms. The van der Waals surface area contributed by atoms with Crippen molar-refractivity contribution in [1.82, 2.24) is 9.97 Å². The number of aliphatic hydroxyl groups is 1. The molecule has 1 saturated heterocycles. The predicted octanol–water partition coefficient (Wildman–Crippen LogP) is 0.622. The molecule has 0 amide bonds. The van der Waals surface area contributed by atoms with Crippen LogP contribution >= 0.6 is 0 Å². The molecule has 1 fully saturated rings. The van der Waals surface area contributed by atoms with E-state index >= 15 is 0 Å². The molecule has 16 heavy (non-hydrogen) atoms. The van der Waals surface area contributed by atoms with Gasteiger partial charge in [-0.05, 0) is 20.3 Å². The molecule has 2 rings (SSSR count). The highest BCUT2D eigenvalue weighted by atomic mass is 16.5. The number of aromatic nitrogens is 2. The van der Waals surface area contributed by atoms with Gasteiger partial charge >= 0.3 is 0 Å². The number of carbonyl (C=O) groups is 1. The zero-order valence-electron chi connectivity index (χ0n) is 9.43. The Balaban J connectivity index is 2.19. The van der Waals surface area contributed by atoms with Crippen molar-refractivity contribution in [1.29, 1.82) is 0 Å². The molecular formula is C11H16N2O3. The fourth-order valence-electron chi connectivity index (χ4n) is 2.23. The summed E-state index contributed by atoms with van der Waals surface area (Å²) in [6.45, 7) is 3.42. The smallest absolute Gasteiger partial charge is 0.186 e. The molecular weight excluding hydrogens is 208 g/mol. The number of hydrogen-bond donors (Lipinski definition) is 2. The second-order valence-electron chi connectivity index (χ2n) is 4.62. The molecule has 1 aliphatic rings. The topological polar surface area (TPSA) is 75.2 Å². The zero-order valence-corrected chi connectivity index (χ0v) is 9.43. The first kappa shape index (κ1) is 11.3. The maximum atomic E-state index is 11.4. The Morgan fingerprint density at radius 2 is 2.50 bits per heavy atom. The molecule has 0 bridgehead atoms. The number of nitrogens with zero attached hydrogens (tertiary/aromatic N) is 1. The van der Waals surface area contributed by atoms with Gasteiger partial charge in [0, 0.05) is 12.1 Å². The summed E-state index contributed by atoms with van der Waals surface area (Å²) in [6, 6.07) is 0. The molecule has 2 heterocycles. The predicted molar refractivity (Wildman–Crippen MR) is 57.0 cm³/mol. The van der Waals surface area contributed by atoms with Gasteiger partial charge in [0.2, 0.25) is 0 Å². The Kier molecular flexibility index (Phi) is 2.82. The lowest BCUT2D eigenvalue weighted by atomic mass is 9.87. The van der Waals surface area contributed by atoms with E-state index in [4.69, 9.17) is 9.84 Å². The van der Waals surface area contributed by atoms with Crippen LogP contribution in [0.3, 0.4) is 0 Å². The molecule has 88 valence electrons. The second kappa shape index (κ2) is 3.99. The average molecular weight is 224 g/mol. The minimum Gasteiger partial charge on any atom is -0.388 e. The van der Waals surface area contributed by atoms with Crippen LogP contribution in [0.1, 0.15) is 31.9 Å². The van der Waals surface area contributed by atoms with E-state index in [2.05, 4.69) is 9.97 Å². The summed E-state index contributed by atoms with van der Waals surface area (Å²) >= 11 is 0. The van der Waals surface area contributed by atoms with Gasteiger partial charge in [-0.1, -0.05) is 0 Å². The van der Waals surface area contributed by atoms with E-state index in [-0.39, 0.29) is 11.7 Å². The highest BCUT2D eigenvalue weighted by molar-refractivity contribution is 5.84. The quantitative estimate of drug-likeness (QED) is 0.789. The highest BCUT2D eigenvalue weighted by Crippen LogP contribution is 2.42. The lowest BCUT2D eigenvalue weighted by Gasteiger charge is -2.24. The van der Waals surface area contributed by atoms with Gasteiger partial charge in [-0.2, -0.15) is 0 Å². The van der Waals surface area contributed by atoms with E-state index in [9.17, 15) is 4.79 Å². The third-order valence-electron chi connectivity index (χ3n) is 3.13. The fourth-order valence-corrected chi connectivity index (χ4v) is 2.23. The monoisotopic (exact) mass is 224 g/mol. The summed E-state index contributed by atoms with van der Waals surface area (Å²) in [7, 11) is 0. The number of nitrogens with one attached hydrogen (secondary N) is 1. The zero-order chi connectivity index (χ0) is 11.8. The van der Waals surface area contributed by atoms with Crippen LogP contribution in [-0.4, -0.2) is 39.2 Å². The van der Waals surface area contributed by atoms with Crippen LogP contribution in [0.4, 0.5) is 0 Å². The van der Waals surface area contributed by atoms with E-state index in [0.717, 1.165) is 5.69 Å². The maximum absolute atomic E-state index is 11.4. The largest absolute Gasteiger partial charge is 0.388 e. The molecule has 1 aliphatic heterocycles. The van der Waals surface area contributed by atoms with Crippen molar-refractivity contribution >= 4 is 5.78 Å². The standard InChI is InChI=1S/C11H16N2O3/c1-11(2)7(8-4-12-6-13-8)3-10(16-11)9(15)5-14/h4,6-7,10,14H,3,5H2,1-2H3,(H,12,13). The number of imidazole rings is 1. The van der Waals surface area contributed by atoms with Gasteiger partial charge in [0.25, 0.3) is 0 Å². The Hall–Kier alpha value is -1.20. The summed E-state index contributed by atoms with van der Waals surface area (Å²) < 4.78 is 5.67. The van der Waals surface area contributed by atoms with E-state index in [1.807, 2.05) is 20.0 Å². The maximum Gasteiger partial charge on any atom is 0.186 e. The molecule has 5 nitrogen and oxygen atoms in total. The van der Waals surface area contributed by atoms with E-state index in [1.165, 1.54) is 0 Å². The number of rotatable bonds is 3. The van der Waals surface area contributed by atoms with Crippen LogP contribution in [-0.2, 0) is 9.53 Å². The molecule has 1 aromatic heterocycles. The number of ketones is 1. The molecule has 5 heteroatoms. The van der Waals surface area contributed by atoms with Crippen molar-refractivity contribution in [3.8, 4) is 0 Å². The van der Waals surface area contributed by atoms with Crippen LogP contribution in [0, 0.1) is 0 Å². The van der Waals surface area contributed by atoms with Gasteiger partial charge in [-0.3, -0.25) is 4.79 Å². The first-order valence-corrected chi connectivity index (χ1v) is 5.34. The molecule has 0 aromatic carbocycles. The van der Waals surface area contributed by atoms with Gasteiger partial charge in [-0.15, -0.1) is 0 Å². The number of aromatic amines is 1. The summed E-state index contributed by atoms with van der Waals surface area (Å²) in [4.78, 5) is 18.5. The number of Topliss-reactive ketones (excluding diaryl/α,β-unsaturated/α-hetero) is 1. The van der Waals surface area contributed by atoms with Crippen molar-refractivity contribution < 1.29 is 14.6 Å². The number of aliphatic hydroxyl groups excluding tert-OH is 1. The van der Waals surface area contributed by atoms with Crippen molar-refractivity contribution in [2.24, 2.45) is 0 Å². The third-order valence-corrected chi connectivity index (χ3v) is 3.13. The van der Waals surface area contributed by atoms with Crippen molar-refractivity contribution in [3.05, 3.63) is 18.2 Å². The highest BCUT2D eigenvalue weighted by Gasteiger charge is 2.45. The summed E-state index contributed by atoms with van der Waals surface area (Å²) in [5.41, 5.74) is 0.475. The Bertz CT molecular complexity index is 373. The summed E-state index contributed by atoms with van der Waals surface area (Å²) in [5, 5.41) is 8.83. The minimum absolute atomic E-state index is 0.0826. The molecule has 2 atom stereocenters. The fraction of sp³-hybridized carbons (Fsp3) is 0.636. The Labute approximate surface area is 93.8 Å². The van der Waals surface area contributed by atoms with Crippen LogP contribution in [0.25, 0.3) is 0 Å². The van der Waals surface area contributed by atoms with E-state index in [0.29, 0.717) is 6.42 Å². The lowest BCUT2D eigenvalue weighted by molar-refractivity contribution is -0.136. The summed E-state index contributed by atoms with van der Waals surface area (Å²) in [6.07, 6.45) is 3.51. The minimum atomic E-state index is -0.512. The van der Waals surface area contributed by atoms with Gasteiger partial charge < -0.3 is 14.8 Å². The molecule has 0 aliphatic carbocycles. The second-order valence-corrected chi connectivity index (χ2v) is 4.62. The number of carbonyl (C=O) groups excluding carboxylic acids is 1. The van der Waals surface area contributed by atoms with Gasteiger partial charge in [-0.25, -0.2) is 4.98 Å². The van der Waals surface area contributed by atoms with Crippen molar-refractivity contribution in [2.75, 3.05) is 6.61 Å². The number of hydrogen-bond acceptors (Lipinski definition) is 4. The molecule has 2 N–H and O–H groups in total. The van der Waals surface area contributed by atoms with Crippen LogP contribution in [0.15, 0.2) is 12.5 Å². The lowest BCUT2D eigenvalue weighted by Crippen LogP contribution is -2.29. The number of H-pyrrole nitrogens is 1. The van der Waals surface area contributed by atoms with E-state index < -0.39 is 18.3 Å². The van der Waals surface area contributed by atoms with Gasteiger partial charge in [0.05, 0.1) is 17.6 Å². The summed E-state index contributed by atoms with van der Waals surface area (Å²) in [5.74, 6) is -0.176. The molecule has 0 radical (unpaired) electrons. The molecule has 1 aromatic rings. The van der Waals surface area contributed by atoms with Crippen LogP contribution in [0.2, 0.25) is 0 Å². The van der Waals surface area contributed by atoms with Crippen LogP contribution in [0.5, 0.6) is 0 Å². The first-order valence-electron chi connectivity index (χ1n) is 5.34. The van der Waals surface area contributed by atoms with Gasteiger partial charge in [0.1, 0.15) is 12.7 Å². The Morgan fingerprint density at radius 1 is 1.75 bits per heavy atom. The van der Waals surface area contributed by atoms with Gasteiger partial charge in [0.15, 0.2) is 5.78 Å². The third kappa shape index (κ3) is 1.88. The first-order chi connectivity index (χ1) is 7.54.